The first kappa shape index (κ1) is 28.7. The molecule has 0 N–H and O–H groups in total. The highest BCUT2D eigenvalue weighted by molar-refractivity contribution is 8.18. The van der Waals surface area contributed by atoms with Crippen molar-refractivity contribution in [2.75, 3.05) is 19.6 Å². The average molecular weight is 591 g/mol. The molecular weight excluding hydrogens is 560 g/mol. The minimum absolute atomic E-state index is 0.0603. The number of hydrogen-bond donors (Lipinski definition) is 0. The van der Waals surface area contributed by atoms with Crippen LogP contribution < -0.4 is 0 Å². The summed E-state index contributed by atoms with van der Waals surface area (Å²) in [5.41, 5.74) is 3.73. The number of nitro benzene ring substituents is 1. The SMILES string of the molecule is Cc1cc(C=C2SC(=O)N(CC(=O)N3CCCCCC3)C2=O)c(C)n1-c1ccc(Sc2ccc([N+](=O)[O-])cc2)cc1. The summed E-state index contributed by atoms with van der Waals surface area (Å²) in [6, 6.07) is 16.4. The topological polar surface area (TPSA) is 106 Å². The first-order valence-corrected chi connectivity index (χ1v) is 15.1. The van der Waals surface area contributed by atoms with Gasteiger partial charge >= 0.3 is 0 Å². The number of aryl methyl sites for hydroxylation is 1. The van der Waals surface area contributed by atoms with E-state index in [-0.39, 0.29) is 18.1 Å². The molecule has 41 heavy (non-hydrogen) atoms. The highest BCUT2D eigenvalue weighted by Gasteiger charge is 2.37. The molecule has 0 atom stereocenters. The summed E-state index contributed by atoms with van der Waals surface area (Å²) in [4.78, 5) is 54.1. The number of carbonyl (C=O) groups excluding carboxylic acids is 3. The number of amides is 3. The Morgan fingerprint density at radius 1 is 0.976 bits per heavy atom. The predicted molar refractivity (Wildman–Crippen MR) is 160 cm³/mol. The first-order valence-electron chi connectivity index (χ1n) is 13.5. The first-order chi connectivity index (χ1) is 19.7. The predicted octanol–water partition coefficient (Wildman–Crippen LogP) is 6.59. The third kappa shape index (κ3) is 6.41. The van der Waals surface area contributed by atoms with Gasteiger partial charge in [-0.1, -0.05) is 24.6 Å². The van der Waals surface area contributed by atoms with E-state index in [9.17, 15) is 24.5 Å². The molecule has 0 aliphatic carbocycles. The van der Waals surface area contributed by atoms with E-state index < -0.39 is 16.1 Å². The number of benzene rings is 2. The molecule has 11 heteroatoms. The lowest BCUT2D eigenvalue weighted by Crippen LogP contribution is -2.42. The van der Waals surface area contributed by atoms with Crippen molar-refractivity contribution in [2.45, 2.75) is 49.3 Å². The van der Waals surface area contributed by atoms with E-state index in [2.05, 4.69) is 4.57 Å². The van der Waals surface area contributed by atoms with Crippen LogP contribution in [-0.4, -0.2) is 56.0 Å². The fourth-order valence-corrected chi connectivity index (χ4v) is 6.74. The standard InChI is InChI=1S/C30H30N4O5S2/c1-20-17-22(18-27-29(36)32(30(37)41-27)19-28(35)31-15-5-3-4-6-16-31)21(2)33(20)23-7-11-25(12-8-23)40-26-13-9-24(10-14-26)34(38)39/h7-14,17-18H,3-6,15-16,19H2,1-2H3. The third-order valence-corrected chi connectivity index (χ3v) is 9.18. The molecule has 2 aliphatic rings. The van der Waals surface area contributed by atoms with Crippen molar-refractivity contribution >= 4 is 52.3 Å². The molecule has 5 rings (SSSR count). The summed E-state index contributed by atoms with van der Waals surface area (Å²) < 4.78 is 2.08. The van der Waals surface area contributed by atoms with E-state index in [4.69, 9.17) is 0 Å². The Balaban J connectivity index is 1.29. The van der Waals surface area contributed by atoms with Gasteiger partial charge < -0.3 is 9.47 Å². The van der Waals surface area contributed by atoms with Gasteiger partial charge in [-0.3, -0.25) is 29.4 Å². The van der Waals surface area contributed by atoms with Crippen LogP contribution in [0.5, 0.6) is 0 Å². The van der Waals surface area contributed by atoms with Crippen LogP contribution in [0.1, 0.15) is 42.6 Å². The van der Waals surface area contributed by atoms with Crippen LogP contribution in [0.25, 0.3) is 11.8 Å². The van der Waals surface area contributed by atoms with Crippen molar-refractivity contribution in [1.29, 1.82) is 0 Å². The van der Waals surface area contributed by atoms with Crippen LogP contribution >= 0.6 is 23.5 Å². The monoisotopic (exact) mass is 590 g/mol. The molecule has 0 bridgehead atoms. The number of nitrogens with zero attached hydrogens (tertiary/aromatic N) is 4. The molecule has 0 radical (unpaired) electrons. The van der Waals surface area contributed by atoms with Gasteiger partial charge in [-0.25, -0.2) is 0 Å². The molecule has 2 aliphatic heterocycles. The van der Waals surface area contributed by atoms with E-state index in [1.165, 1.54) is 23.9 Å². The molecule has 2 saturated heterocycles. The number of carbonyl (C=O) groups is 3. The Bertz CT molecular complexity index is 1520. The molecule has 0 spiro atoms. The number of hydrogen-bond acceptors (Lipinski definition) is 7. The van der Waals surface area contributed by atoms with Gasteiger partial charge in [0.15, 0.2) is 0 Å². The van der Waals surface area contributed by atoms with Crippen LogP contribution in [0, 0.1) is 24.0 Å². The van der Waals surface area contributed by atoms with Gasteiger partial charge in [0.2, 0.25) is 5.91 Å². The molecule has 0 saturated carbocycles. The van der Waals surface area contributed by atoms with Gasteiger partial charge in [-0.05, 0) is 92.6 Å². The second-order valence-corrected chi connectivity index (χ2v) is 12.2. The number of aromatic nitrogens is 1. The summed E-state index contributed by atoms with van der Waals surface area (Å²) in [7, 11) is 0. The quantitative estimate of drug-likeness (QED) is 0.174. The van der Waals surface area contributed by atoms with Gasteiger partial charge in [0.05, 0.1) is 9.83 Å². The van der Waals surface area contributed by atoms with Crippen molar-refractivity contribution in [3.8, 4) is 5.69 Å². The molecule has 3 amide bonds. The Morgan fingerprint density at radius 2 is 1.59 bits per heavy atom. The van der Waals surface area contributed by atoms with Crippen molar-refractivity contribution in [2.24, 2.45) is 0 Å². The largest absolute Gasteiger partial charge is 0.341 e. The number of rotatable bonds is 7. The number of nitro groups is 1. The zero-order valence-corrected chi connectivity index (χ0v) is 24.5. The highest BCUT2D eigenvalue weighted by Crippen LogP contribution is 2.35. The van der Waals surface area contributed by atoms with Crippen molar-refractivity contribution in [3.05, 3.63) is 86.6 Å². The third-order valence-electron chi connectivity index (χ3n) is 7.26. The molecule has 2 aromatic carbocycles. The number of imide groups is 1. The lowest BCUT2D eigenvalue weighted by molar-refractivity contribution is -0.384. The van der Waals surface area contributed by atoms with E-state index in [0.717, 1.165) is 74.8 Å². The van der Waals surface area contributed by atoms with E-state index in [0.29, 0.717) is 18.0 Å². The Labute approximate surface area is 246 Å². The zero-order valence-electron chi connectivity index (χ0n) is 22.9. The van der Waals surface area contributed by atoms with E-state index >= 15 is 0 Å². The summed E-state index contributed by atoms with van der Waals surface area (Å²) in [5, 5.41) is 10.5. The van der Waals surface area contributed by atoms with Crippen LogP contribution in [0.2, 0.25) is 0 Å². The van der Waals surface area contributed by atoms with Crippen molar-refractivity contribution in [1.82, 2.24) is 14.4 Å². The lowest BCUT2D eigenvalue weighted by atomic mass is 10.2. The lowest BCUT2D eigenvalue weighted by Gasteiger charge is -2.22. The van der Waals surface area contributed by atoms with E-state index in [1.54, 1.807) is 23.1 Å². The summed E-state index contributed by atoms with van der Waals surface area (Å²) in [6.07, 6.45) is 5.82. The van der Waals surface area contributed by atoms with Crippen LogP contribution in [0.15, 0.2) is 69.3 Å². The number of non-ortho nitro benzene ring substituents is 1. The maximum Gasteiger partial charge on any atom is 0.294 e. The Morgan fingerprint density at radius 3 is 2.20 bits per heavy atom. The van der Waals surface area contributed by atoms with Gasteiger partial charge in [0.25, 0.3) is 16.8 Å². The Hall–Kier alpha value is -3.83. The van der Waals surface area contributed by atoms with Crippen LogP contribution in [0.3, 0.4) is 0 Å². The summed E-state index contributed by atoms with van der Waals surface area (Å²) in [6.45, 7) is 5.08. The van der Waals surface area contributed by atoms with Crippen LogP contribution in [0.4, 0.5) is 10.5 Å². The smallest absolute Gasteiger partial charge is 0.294 e. The van der Waals surface area contributed by atoms with Gasteiger partial charge in [0, 0.05) is 52.1 Å². The zero-order chi connectivity index (χ0) is 29.1. The summed E-state index contributed by atoms with van der Waals surface area (Å²) >= 11 is 2.39. The van der Waals surface area contributed by atoms with Gasteiger partial charge in [-0.2, -0.15) is 0 Å². The summed E-state index contributed by atoms with van der Waals surface area (Å²) in [5.74, 6) is -0.607. The van der Waals surface area contributed by atoms with E-state index in [1.807, 2.05) is 44.2 Å². The normalized spacial score (nSPS) is 16.9. The molecule has 1 aromatic heterocycles. The second kappa shape index (κ2) is 12.4. The fraction of sp³-hybridized carbons (Fsp3) is 0.300. The van der Waals surface area contributed by atoms with Crippen molar-refractivity contribution < 1.29 is 19.3 Å². The molecule has 3 aromatic rings. The molecule has 9 nitrogen and oxygen atoms in total. The fourth-order valence-electron chi connectivity index (χ4n) is 5.10. The maximum atomic E-state index is 13.1. The van der Waals surface area contributed by atoms with Crippen molar-refractivity contribution in [3.63, 3.8) is 0 Å². The molecule has 212 valence electrons. The Kier molecular flexibility index (Phi) is 8.65. The number of likely N-dealkylation sites (tertiary alicyclic amines) is 1. The average Bonchev–Trinajstić information content (AvgIpc) is 3.22. The number of thioether (sulfide) groups is 1. The maximum absolute atomic E-state index is 13.1. The second-order valence-electron chi connectivity index (χ2n) is 10.1. The van der Waals surface area contributed by atoms with Gasteiger partial charge in [0.1, 0.15) is 6.54 Å². The minimum Gasteiger partial charge on any atom is -0.341 e. The van der Waals surface area contributed by atoms with Gasteiger partial charge in [-0.15, -0.1) is 0 Å². The molecule has 2 fully saturated rings. The minimum atomic E-state index is -0.430. The molecule has 3 heterocycles. The van der Waals surface area contributed by atoms with Crippen LogP contribution in [-0.2, 0) is 9.59 Å². The highest BCUT2D eigenvalue weighted by atomic mass is 32.2. The molecule has 0 unspecified atom stereocenters. The molecular formula is C30H30N4O5S2.